The molecule has 2 heterocycles. The van der Waals surface area contributed by atoms with Gasteiger partial charge in [0.1, 0.15) is 0 Å². The van der Waals surface area contributed by atoms with Crippen molar-refractivity contribution >= 4 is 40.1 Å². The minimum Gasteiger partial charge on any atom is -0.351 e. The number of hydrogen-bond donors (Lipinski definition) is 0. The lowest BCUT2D eigenvalue weighted by Gasteiger charge is -2.33. The van der Waals surface area contributed by atoms with Crippen molar-refractivity contribution < 1.29 is 0 Å². The summed E-state index contributed by atoms with van der Waals surface area (Å²) in [5, 5.41) is 1.14. The SMILES string of the molecule is Cc1cc2nc(N3CCN(C)CC3)c(Cl)nc2cc1Cl. The molecule has 2 aromatic rings. The molecule has 1 saturated heterocycles. The van der Waals surface area contributed by atoms with Gasteiger partial charge in [0.15, 0.2) is 11.0 Å². The Balaban J connectivity index is 2.03. The molecule has 0 unspecified atom stereocenters. The zero-order valence-corrected chi connectivity index (χ0v) is 13.0. The van der Waals surface area contributed by atoms with Gasteiger partial charge in [-0.05, 0) is 31.7 Å². The van der Waals surface area contributed by atoms with Crippen LogP contribution in [0.5, 0.6) is 0 Å². The maximum atomic E-state index is 6.29. The first kappa shape index (κ1) is 13.9. The van der Waals surface area contributed by atoms with Crippen LogP contribution in [-0.4, -0.2) is 48.1 Å². The largest absolute Gasteiger partial charge is 0.351 e. The van der Waals surface area contributed by atoms with E-state index in [-0.39, 0.29) is 0 Å². The van der Waals surface area contributed by atoms with Gasteiger partial charge < -0.3 is 9.80 Å². The van der Waals surface area contributed by atoms with Crippen molar-refractivity contribution in [2.75, 3.05) is 38.1 Å². The highest BCUT2D eigenvalue weighted by atomic mass is 35.5. The van der Waals surface area contributed by atoms with Crippen LogP contribution in [0, 0.1) is 6.92 Å². The number of nitrogens with zero attached hydrogens (tertiary/aromatic N) is 4. The lowest BCUT2D eigenvalue weighted by Crippen LogP contribution is -2.45. The molecule has 6 heteroatoms. The van der Waals surface area contributed by atoms with Gasteiger partial charge in [0, 0.05) is 31.2 Å². The quantitative estimate of drug-likeness (QED) is 0.810. The number of benzene rings is 1. The Morgan fingerprint density at radius 1 is 1.00 bits per heavy atom. The van der Waals surface area contributed by atoms with Crippen LogP contribution >= 0.6 is 23.2 Å². The molecule has 1 aliphatic heterocycles. The van der Waals surface area contributed by atoms with Crippen LogP contribution in [0.25, 0.3) is 11.0 Å². The third-order valence-corrected chi connectivity index (χ3v) is 4.35. The van der Waals surface area contributed by atoms with Crippen LogP contribution in [0.1, 0.15) is 5.56 Å². The zero-order chi connectivity index (χ0) is 14.3. The van der Waals surface area contributed by atoms with E-state index in [1.54, 1.807) is 0 Å². The summed E-state index contributed by atoms with van der Waals surface area (Å²) in [7, 11) is 2.12. The van der Waals surface area contributed by atoms with Crippen LogP contribution in [0.4, 0.5) is 5.82 Å². The minimum absolute atomic E-state index is 0.446. The molecule has 0 N–H and O–H groups in total. The summed E-state index contributed by atoms with van der Waals surface area (Å²) in [6, 6.07) is 3.78. The van der Waals surface area contributed by atoms with Gasteiger partial charge in [0.05, 0.1) is 11.0 Å². The van der Waals surface area contributed by atoms with Crippen LogP contribution in [-0.2, 0) is 0 Å². The van der Waals surface area contributed by atoms with E-state index in [2.05, 4.69) is 26.8 Å². The number of anilines is 1. The first-order chi connectivity index (χ1) is 9.54. The van der Waals surface area contributed by atoms with Crippen LogP contribution in [0.3, 0.4) is 0 Å². The van der Waals surface area contributed by atoms with Crippen molar-refractivity contribution in [3.8, 4) is 0 Å². The Morgan fingerprint density at radius 2 is 1.65 bits per heavy atom. The summed E-state index contributed by atoms with van der Waals surface area (Å²) in [6.45, 7) is 5.82. The maximum absolute atomic E-state index is 6.29. The molecule has 1 aromatic carbocycles. The normalized spacial score (nSPS) is 16.9. The number of likely N-dealkylation sites (N-methyl/N-ethyl adjacent to an activating group) is 1. The molecule has 0 bridgehead atoms. The van der Waals surface area contributed by atoms with Gasteiger partial charge in [-0.15, -0.1) is 0 Å². The number of piperazine rings is 1. The van der Waals surface area contributed by atoms with E-state index in [9.17, 15) is 0 Å². The van der Waals surface area contributed by atoms with Gasteiger partial charge in [-0.2, -0.15) is 0 Å². The fourth-order valence-electron chi connectivity index (χ4n) is 2.37. The Hall–Kier alpha value is -1.10. The Bertz CT molecular complexity index is 651. The zero-order valence-electron chi connectivity index (χ0n) is 11.5. The molecule has 20 heavy (non-hydrogen) atoms. The lowest BCUT2D eigenvalue weighted by atomic mass is 10.2. The Morgan fingerprint density at radius 3 is 2.35 bits per heavy atom. The van der Waals surface area contributed by atoms with Gasteiger partial charge in [-0.1, -0.05) is 23.2 Å². The standard InChI is InChI=1S/C14H16Cl2N4/c1-9-7-11-12(8-10(9)15)17-13(16)14(18-11)20-5-3-19(2)4-6-20/h7-8H,3-6H2,1-2H3. The summed E-state index contributed by atoms with van der Waals surface area (Å²) in [5.74, 6) is 0.772. The average Bonchev–Trinajstić information content (AvgIpc) is 2.41. The second-order valence-corrected chi connectivity index (χ2v) is 5.98. The smallest absolute Gasteiger partial charge is 0.172 e. The number of halogens is 2. The highest BCUT2D eigenvalue weighted by Gasteiger charge is 2.19. The average molecular weight is 311 g/mol. The monoisotopic (exact) mass is 310 g/mol. The second kappa shape index (κ2) is 5.35. The van der Waals surface area contributed by atoms with E-state index in [1.807, 2.05) is 19.1 Å². The number of rotatable bonds is 1. The van der Waals surface area contributed by atoms with Crippen LogP contribution < -0.4 is 4.90 Å². The van der Waals surface area contributed by atoms with E-state index in [0.29, 0.717) is 10.2 Å². The molecule has 0 spiro atoms. The number of aromatic nitrogens is 2. The maximum Gasteiger partial charge on any atom is 0.172 e. The molecule has 0 aliphatic carbocycles. The van der Waals surface area contributed by atoms with Crippen LogP contribution in [0.15, 0.2) is 12.1 Å². The molecule has 4 nitrogen and oxygen atoms in total. The topological polar surface area (TPSA) is 32.3 Å². The van der Waals surface area contributed by atoms with Crippen molar-refractivity contribution in [2.24, 2.45) is 0 Å². The molecule has 1 aliphatic rings. The third-order valence-electron chi connectivity index (χ3n) is 3.69. The summed E-state index contributed by atoms with van der Waals surface area (Å²) in [6.07, 6.45) is 0. The minimum atomic E-state index is 0.446. The Labute approximate surface area is 128 Å². The first-order valence-electron chi connectivity index (χ1n) is 6.61. The fraction of sp³-hybridized carbons (Fsp3) is 0.429. The molecule has 0 atom stereocenters. The van der Waals surface area contributed by atoms with Gasteiger partial charge >= 0.3 is 0 Å². The molecule has 0 amide bonds. The number of aryl methyl sites for hydroxylation is 1. The second-order valence-electron chi connectivity index (χ2n) is 5.22. The molecule has 3 rings (SSSR count). The highest BCUT2D eigenvalue weighted by Crippen LogP contribution is 2.28. The Kier molecular flexibility index (Phi) is 3.71. The molecular formula is C14H16Cl2N4. The predicted molar refractivity (Wildman–Crippen MR) is 84.0 cm³/mol. The summed E-state index contributed by atoms with van der Waals surface area (Å²) < 4.78 is 0. The van der Waals surface area contributed by atoms with E-state index in [1.165, 1.54) is 0 Å². The summed E-state index contributed by atoms with van der Waals surface area (Å²) in [5.41, 5.74) is 2.58. The van der Waals surface area contributed by atoms with Gasteiger partial charge in [0.25, 0.3) is 0 Å². The van der Waals surface area contributed by atoms with Crippen molar-refractivity contribution in [1.82, 2.24) is 14.9 Å². The lowest BCUT2D eigenvalue weighted by molar-refractivity contribution is 0.312. The van der Waals surface area contributed by atoms with Gasteiger partial charge in [-0.25, -0.2) is 9.97 Å². The molecule has 0 radical (unpaired) electrons. The summed E-state index contributed by atoms with van der Waals surface area (Å²) in [4.78, 5) is 13.6. The molecule has 1 fully saturated rings. The van der Waals surface area contributed by atoms with Gasteiger partial charge in [0.2, 0.25) is 0 Å². The summed E-state index contributed by atoms with van der Waals surface area (Å²) >= 11 is 12.4. The van der Waals surface area contributed by atoms with Crippen molar-refractivity contribution in [1.29, 1.82) is 0 Å². The molecule has 106 valence electrons. The first-order valence-corrected chi connectivity index (χ1v) is 7.37. The predicted octanol–water partition coefficient (Wildman–Crippen LogP) is 3.00. The van der Waals surface area contributed by atoms with Crippen molar-refractivity contribution in [3.63, 3.8) is 0 Å². The van der Waals surface area contributed by atoms with Crippen LogP contribution in [0.2, 0.25) is 10.2 Å². The van der Waals surface area contributed by atoms with Crippen molar-refractivity contribution in [2.45, 2.75) is 6.92 Å². The van der Waals surface area contributed by atoms with E-state index in [0.717, 1.165) is 48.6 Å². The fourth-order valence-corrected chi connectivity index (χ4v) is 2.78. The number of hydrogen-bond acceptors (Lipinski definition) is 4. The van der Waals surface area contributed by atoms with E-state index >= 15 is 0 Å². The van der Waals surface area contributed by atoms with Gasteiger partial charge in [-0.3, -0.25) is 0 Å². The van der Waals surface area contributed by atoms with E-state index < -0.39 is 0 Å². The van der Waals surface area contributed by atoms with Crippen molar-refractivity contribution in [3.05, 3.63) is 27.9 Å². The van der Waals surface area contributed by atoms with E-state index in [4.69, 9.17) is 23.2 Å². The third kappa shape index (κ3) is 2.55. The molecule has 0 saturated carbocycles. The number of fused-ring (bicyclic) bond motifs is 1. The molecular weight excluding hydrogens is 295 g/mol. The molecule has 1 aromatic heterocycles. The highest BCUT2D eigenvalue weighted by molar-refractivity contribution is 6.33.